The molecule has 1 unspecified atom stereocenters. The zero-order chi connectivity index (χ0) is 10.2. The fourth-order valence-electron chi connectivity index (χ4n) is 0.0577. The normalized spacial score (nSPS) is 12.2. The van der Waals surface area contributed by atoms with Crippen LogP contribution in [0.15, 0.2) is 0 Å². The molecule has 2 nitrogen and oxygen atoms in total. The topological polar surface area (TPSA) is 40.5 Å². The number of hydrogen-bond acceptors (Lipinski definition) is 6. The summed E-state index contributed by atoms with van der Waals surface area (Å²) >= 11 is 15.1. The molecule has 0 radical (unpaired) electrons. The standard InChI is InChI=1S/2C3H8OS2.H2S/c4-1-3(6)2-5;1-2-3(4,5)6;/h3-6H,1-2H2;4-6H,2H2,1H3;1H2. The Kier molecular flexibility index (Phi) is 18.2. The fourth-order valence-corrected chi connectivity index (χ4v) is 0.173. The van der Waals surface area contributed by atoms with Crippen LogP contribution in [0.2, 0.25) is 0 Å². The van der Waals surface area contributed by atoms with Crippen LogP contribution in [0.1, 0.15) is 13.3 Å². The molecule has 0 aliphatic rings. The Morgan fingerprint density at radius 3 is 1.69 bits per heavy atom. The van der Waals surface area contributed by atoms with Crippen LogP contribution in [0, 0.1) is 0 Å². The number of aliphatic hydroxyl groups is 2. The van der Waals surface area contributed by atoms with Crippen LogP contribution in [-0.2, 0) is 0 Å². The Balaban J connectivity index is -0.000000143. The minimum absolute atomic E-state index is 0. The van der Waals surface area contributed by atoms with Crippen molar-refractivity contribution >= 4 is 64.0 Å². The van der Waals surface area contributed by atoms with Gasteiger partial charge in [0.1, 0.15) is 0 Å². The van der Waals surface area contributed by atoms with Gasteiger partial charge >= 0.3 is 0 Å². The molecule has 0 rings (SSSR count). The summed E-state index contributed by atoms with van der Waals surface area (Å²) in [6, 6.07) is 0. The summed E-state index contributed by atoms with van der Waals surface area (Å²) in [7, 11) is 0. The number of hydrogen-bond donors (Lipinski definition) is 6. The Labute approximate surface area is 109 Å². The summed E-state index contributed by atoms with van der Waals surface area (Å²) in [5.41, 5.74) is 0. The highest BCUT2D eigenvalue weighted by atomic mass is 32.2. The molecule has 0 heterocycles. The molecule has 0 aromatic rings. The van der Waals surface area contributed by atoms with Gasteiger partial charge in [0.2, 0.25) is 0 Å². The average Bonchev–Trinajstić information content (AvgIpc) is 2.03. The van der Waals surface area contributed by atoms with Crippen molar-refractivity contribution < 1.29 is 10.2 Å². The molecule has 0 aromatic carbocycles. The van der Waals surface area contributed by atoms with Crippen molar-refractivity contribution in [2.45, 2.75) is 22.9 Å². The maximum Gasteiger partial charge on any atom is 0.151 e. The third-order valence-corrected chi connectivity index (χ3v) is 2.60. The summed E-state index contributed by atoms with van der Waals surface area (Å²) in [4.78, 5) is 0. The Morgan fingerprint density at radius 1 is 1.38 bits per heavy atom. The van der Waals surface area contributed by atoms with E-state index in [1.807, 2.05) is 0 Å². The van der Waals surface area contributed by atoms with E-state index in [1.165, 1.54) is 0 Å². The molecule has 0 aliphatic carbocycles. The first kappa shape index (κ1) is 20.1. The van der Waals surface area contributed by atoms with Crippen molar-refractivity contribution in [3.05, 3.63) is 0 Å². The fraction of sp³-hybridized carbons (Fsp3) is 1.00. The summed E-state index contributed by atoms with van der Waals surface area (Å²) in [6.45, 7) is 1.92. The van der Waals surface area contributed by atoms with E-state index < -0.39 is 4.27 Å². The molecule has 1 atom stereocenters. The van der Waals surface area contributed by atoms with Crippen LogP contribution in [0.3, 0.4) is 0 Å². The first-order valence-corrected chi connectivity index (χ1v) is 5.48. The molecule has 0 fully saturated rings. The minimum Gasteiger partial charge on any atom is -0.395 e. The minimum atomic E-state index is -1.07. The van der Waals surface area contributed by atoms with Gasteiger partial charge in [-0.25, -0.2) is 0 Å². The van der Waals surface area contributed by atoms with Gasteiger partial charge < -0.3 is 10.2 Å². The molecule has 0 saturated carbocycles. The summed E-state index contributed by atoms with van der Waals surface area (Å²) in [6.07, 6.45) is 0.555. The molecule has 0 spiro atoms. The van der Waals surface area contributed by atoms with Crippen molar-refractivity contribution in [1.82, 2.24) is 0 Å². The summed E-state index contributed by atoms with van der Waals surface area (Å²) in [5.74, 6) is 0.639. The summed E-state index contributed by atoms with van der Waals surface area (Å²) in [5, 5.41) is 16.8. The van der Waals surface area contributed by atoms with E-state index in [4.69, 9.17) is 10.2 Å². The predicted molar refractivity (Wildman–Crippen MR) is 77.3 cm³/mol. The Morgan fingerprint density at radius 2 is 1.69 bits per heavy atom. The highest BCUT2D eigenvalue weighted by Gasteiger charge is 2.08. The van der Waals surface area contributed by atoms with Gasteiger partial charge in [-0.3, -0.25) is 0 Å². The third-order valence-electron chi connectivity index (χ3n) is 0.896. The van der Waals surface area contributed by atoms with Crippen molar-refractivity contribution in [2.75, 3.05) is 12.4 Å². The maximum absolute atomic E-state index is 8.55. The molecular formula is C6H18O2S5. The van der Waals surface area contributed by atoms with E-state index in [2.05, 4.69) is 50.5 Å². The van der Waals surface area contributed by atoms with E-state index in [0.717, 1.165) is 0 Å². The SMILES string of the molecule is CCC(O)(S)S.OCC(S)CS.S. The van der Waals surface area contributed by atoms with Gasteiger partial charge in [-0.2, -0.15) is 38.8 Å². The smallest absolute Gasteiger partial charge is 0.151 e. The van der Waals surface area contributed by atoms with Gasteiger partial charge in [-0.1, -0.05) is 6.92 Å². The highest BCUT2D eigenvalue weighted by molar-refractivity contribution is 8.00. The highest BCUT2D eigenvalue weighted by Crippen LogP contribution is 2.17. The van der Waals surface area contributed by atoms with Crippen molar-refractivity contribution in [3.63, 3.8) is 0 Å². The van der Waals surface area contributed by atoms with E-state index in [1.54, 1.807) is 6.92 Å². The molecule has 0 aliphatic heterocycles. The van der Waals surface area contributed by atoms with E-state index >= 15 is 0 Å². The van der Waals surface area contributed by atoms with E-state index in [9.17, 15) is 0 Å². The van der Waals surface area contributed by atoms with E-state index in [-0.39, 0.29) is 25.4 Å². The second-order valence-electron chi connectivity index (χ2n) is 2.15. The van der Waals surface area contributed by atoms with Gasteiger partial charge in [-0.15, -0.1) is 25.3 Å². The largest absolute Gasteiger partial charge is 0.395 e. The second-order valence-corrected chi connectivity index (χ2v) is 5.07. The molecule has 0 aromatic heterocycles. The van der Waals surface area contributed by atoms with Crippen molar-refractivity contribution in [3.8, 4) is 0 Å². The predicted octanol–water partition coefficient (Wildman–Crippen LogP) is 1.22. The lowest BCUT2D eigenvalue weighted by molar-refractivity contribution is 0.231. The van der Waals surface area contributed by atoms with Gasteiger partial charge in [0.05, 0.1) is 6.61 Å². The zero-order valence-corrected chi connectivity index (χ0v) is 12.0. The van der Waals surface area contributed by atoms with Crippen LogP contribution in [0.25, 0.3) is 0 Å². The lowest BCUT2D eigenvalue weighted by Gasteiger charge is -2.09. The van der Waals surface area contributed by atoms with Crippen molar-refractivity contribution in [1.29, 1.82) is 0 Å². The van der Waals surface area contributed by atoms with Crippen LogP contribution in [0.5, 0.6) is 0 Å². The second kappa shape index (κ2) is 11.7. The molecule has 0 saturated heterocycles. The third kappa shape index (κ3) is 24.8. The molecular weight excluding hydrogens is 264 g/mol. The lowest BCUT2D eigenvalue weighted by atomic mass is 10.5. The number of aliphatic hydroxyl groups excluding tert-OH is 1. The van der Waals surface area contributed by atoms with Crippen molar-refractivity contribution in [2.24, 2.45) is 0 Å². The molecule has 84 valence electrons. The van der Waals surface area contributed by atoms with Gasteiger partial charge in [0.25, 0.3) is 0 Å². The average molecular weight is 283 g/mol. The quantitative estimate of drug-likeness (QED) is 0.348. The molecule has 13 heavy (non-hydrogen) atoms. The summed E-state index contributed by atoms with van der Waals surface area (Å²) < 4.78 is -1.07. The van der Waals surface area contributed by atoms with Crippen LogP contribution >= 0.6 is 64.0 Å². The lowest BCUT2D eigenvalue weighted by Crippen LogP contribution is -2.07. The monoisotopic (exact) mass is 282 g/mol. The molecule has 7 heteroatoms. The van der Waals surface area contributed by atoms with Crippen LogP contribution < -0.4 is 0 Å². The zero-order valence-electron chi connectivity index (χ0n) is 7.38. The van der Waals surface area contributed by atoms with Gasteiger partial charge in [0, 0.05) is 11.0 Å². The molecule has 0 bridgehead atoms. The number of thiol groups is 4. The molecule has 2 N–H and O–H groups in total. The van der Waals surface area contributed by atoms with Crippen LogP contribution in [-0.4, -0.2) is 32.1 Å². The van der Waals surface area contributed by atoms with Gasteiger partial charge in [-0.05, 0) is 6.42 Å². The first-order valence-electron chi connectivity index (χ1n) is 3.44. The molecule has 0 amide bonds. The van der Waals surface area contributed by atoms with Gasteiger partial charge in [0.15, 0.2) is 4.27 Å². The Hall–Kier alpha value is 1.67. The van der Waals surface area contributed by atoms with E-state index in [0.29, 0.717) is 12.2 Å². The first-order chi connectivity index (χ1) is 5.37. The Bertz CT molecular complexity index is 91.5. The maximum atomic E-state index is 8.55. The number of rotatable bonds is 3. The van der Waals surface area contributed by atoms with Crippen LogP contribution in [0.4, 0.5) is 0 Å².